The quantitative estimate of drug-likeness (QED) is 0.652. The number of likely N-dealkylation sites (N-methyl/N-ethyl adjacent to an activating group) is 1. The maximum atomic E-state index is 12.4. The van der Waals surface area contributed by atoms with Gasteiger partial charge in [-0.2, -0.15) is 15.4 Å². The van der Waals surface area contributed by atoms with Gasteiger partial charge < -0.3 is 15.2 Å². The number of H-pyrrole nitrogens is 2. The van der Waals surface area contributed by atoms with Crippen molar-refractivity contribution in [2.75, 3.05) is 20.1 Å². The lowest BCUT2D eigenvalue weighted by molar-refractivity contribution is 0.0782. The number of carbonyl (C=O) groups is 2. The van der Waals surface area contributed by atoms with Crippen molar-refractivity contribution in [2.24, 2.45) is 0 Å². The minimum atomic E-state index is -0.312. The summed E-state index contributed by atoms with van der Waals surface area (Å²) in [6.45, 7) is 2.41. The molecule has 0 bridgehead atoms. The molecule has 0 saturated heterocycles. The molecule has 124 valence electrons. The highest BCUT2D eigenvalue weighted by Gasteiger charge is 2.16. The van der Waals surface area contributed by atoms with Crippen LogP contribution in [-0.2, 0) is 0 Å². The van der Waals surface area contributed by atoms with E-state index in [9.17, 15) is 9.59 Å². The molecular formula is C16H18N6O2. The van der Waals surface area contributed by atoms with Gasteiger partial charge in [-0.25, -0.2) is 0 Å². The van der Waals surface area contributed by atoms with E-state index in [2.05, 4.69) is 25.7 Å². The predicted molar refractivity (Wildman–Crippen MR) is 88.7 cm³/mol. The van der Waals surface area contributed by atoms with Crippen LogP contribution in [0.1, 0.15) is 26.7 Å². The van der Waals surface area contributed by atoms with Gasteiger partial charge in [0.1, 0.15) is 5.69 Å². The van der Waals surface area contributed by atoms with Crippen LogP contribution in [0, 0.1) is 6.92 Å². The van der Waals surface area contributed by atoms with Crippen molar-refractivity contribution in [1.82, 2.24) is 30.6 Å². The predicted octanol–water partition coefficient (Wildman–Crippen LogP) is 1.10. The standard InChI is InChI=1S/C16H18N6O2/c1-10-14(20-21-19-10)15(23)17-7-8-22(2)16(24)13-9-11-5-3-4-6-12(11)18-13/h3-6,9,18H,7-8H2,1-2H3,(H,17,23)(H,19,20,21). The molecule has 0 saturated carbocycles. The van der Waals surface area contributed by atoms with Gasteiger partial charge in [0.2, 0.25) is 0 Å². The third-order valence-corrected chi connectivity index (χ3v) is 3.78. The highest BCUT2D eigenvalue weighted by molar-refractivity contribution is 5.98. The third-order valence-electron chi connectivity index (χ3n) is 3.78. The maximum Gasteiger partial charge on any atom is 0.273 e. The van der Waals surface area contributed by atoms with Crippen LogP contribution in [0.15, 0.2) is 30.3 Å². The van der Waals surface area contributed by atoms with Crippen molar-refractivity contribution in [3.63, 3.8) is 0 Å². The molecule has 3 rings (SSSR count). The van der Waals surface area contributed by atoms with Crippen LogP contribution >= 0.6 is 0 Å². The van der Waals surface area contributed by atoms with Gasteiger partial charge in [0.25, 0.3) is 11.8 Å². The Morgan fingerprint density at radius 3 is 2.75 bits per heavy atom. The minimum Gasteiger partial charge on any atom is -0.351 e. The Kier molecular flexibility index (Phi) is 4.28. The van der Waals surface area contributed by atoms with Crippen LogP contribution in [0.25, 0.3) is 10.9 Å². The van der Waals surface area contributed by atoms with Crippen LogP contribution in [-0.4, -0.2) is 57.2 Å². The zero-order valence-electron chi connectivity index (χ0n) is 13.5. The van der Waals surface area contributed by atoms with Crippen molar-refractivity contribution in [1.29, 1.82) is 0 Å². The summed E-state index contributed by atoms with van der Waals surface area (Å²) in [5.41, 5.74) is 2.25. The summed E-state index contributed by atoms with van der Waals surface area (Å²) in [5, 5.41) is 13.7. The number of fused-ring (bicyclic) bond motifs is 1. The smallest absolute Gasteiger partial charge is 0.273 e. The number of carbonyl (C=O) groups excluding carboxylic acids is 2. The second kappa shape index (κ2) is 6.53. The zero-order valence-corrected chi connectivity index (χ0v) is 13.5. The number of amides is 2. The molecule has 24 heavy (non-hydrogen) atoms. The van der Waals surface area contributed by atoms with Crippen LogP contribution in [0.4, 0.5) is 0 Å². The molecule has 1 aromatic carbocycles. The molecule has 0 unspecified atom stereocenters. The number of nitrogens with one attached hydrogen (secondary N) is 3. The number of aromatic nitrogens is 4. The lowest BCUT2D eigenvalue weighted by Crippen LogP contribution is -2.36. The highest BCUT2D eigenvalue weighted by Crippen LogP contribution is 2.15. The van der Waals surface area contributed by atoms with Crippen molar-refractivity contribution in [2.45, 2.75) is 6.92 Å². The molecule has 0 aliphatic carbocycles. The van der Waals surface area contributed by atoms with Gasteiger partial charge in [-0.3, -0.25) is 9.59 Å². The third kappa shape index (κ3) is 3.12. The Morgan fingerprint density at radius 1 is 1.25 bits per heavy atom. The minimum absolute atomic E-state index is 0.127. The van der Waals surface area contributed by atoms with Gasteiger partial charge in [0.15, 0.2) is 5.69 Å². The van der Waals surface area contributed by atoms with E-state index in [0.717, 1.165) is 10.9 Å². The molecule has 0 radical (unpaired) electrons. The second-order valence-corrected chi connectivity index (χ2v) is 5.51. The average molecular weight is 326 g/mol. The van der Waals surface area contributed by atoms with Crippen LogP contribution < -0.4 is 5.32 Å². The Morgan fingerprint density at radius 2 is 2.04 bits per heavy atom. The SMILES string of the molecule is Cc1n[nH]nc1C(=O)NCCN(C)C(=O)c1cc2ccccc2[nH]1. The molecule has 8 heteroatoms. The van der Waals surface area contributed by atoms with E-state index in [1.54, 1.807) is 18.9 Å². The molecule has 3 N–H and O–H groups in total. The zero-order chi connectivity index (χ0) is 17.1. The Balaban J connectivity index is 1.56. The fourth-order valence-corrected chi connectivity index (χ4v) is 2.42. The number of nitrogens with zero attached hydrogens (tertiary/aromatic N) is 3. The summed E-state index contributed by atoms with van der Waals surface area (Å²) in [4.78, 5) is 29.0. The normalized spacial score (nSPS) is 10.8. The number of aryl methyl sites for hydroxylation is 1. The molecule has 3 aromatic rings. The topological polar surface area (TPSA) is 107 Å². The number of hydrogen-bond acceptors (Lipinski definition) is 4. The second-order valence-electron chi connectivity index (χ2n) is 5.51. The molecule has 2 heterocycles. The van der Waals surface area contributed by atoms with Crippen molar-refractivity contribution < 1.29 is 9.59 Å². The van der Waals surface area contributed by atoms with E-state index in [1.165, 1.54) is 0 Å². The average Bonchev–Trinajstić information content (AvgIpc) is 3.19. The number of rotatable bonds is 5. The van der Waals surface area contributed by atoms with Gasteiger partial charge in [-0.1, -0.05) is 18.2 Å². The van der Waals surface area contributed by atoms with E-state index in [1.807, 2.05) is 30.3 Å². The first-order chi connectivity index (χ1) is 11.6. The number of aromatic amines is 2. The summed E-state index contributed by atoms with van der Waals surface area (Å²) in [7, 11) is 1.70. The molecule has 0 aliphatic heterocycles. The monoisotopic (exact) mass is 326 g/mol. The van der Waals surface area contributed by atoms with Gasteiger partial charge in [0, 0.05) is 31.0 Å². The van der Waals surface area contributed by atoms with Crippen LogP contribution in [0.2, 0.25) is 0 Å². The van der Waals surface area contributed by atoms with Gasteiger partial charge in [-0.05, 0) is 19.1 Å². The summed E-state index contributed by atoms with van der Waals surface area (Å²) < 4.78 is 0. The molecular weight excluding hydrogens is 308 g/mol. The van der Waals surface area contributed by atoms with E-state index < -0.39 is 0 Å². The summed E-state index contributed by atoms with van der Waals surface area (Å²) >= 11 is 0. The lowest BCUT2D eigenvalue weighted by atomic mass is 10.2. The molecule has 2 aromatic heterocycles. The number of hydrogen-bond donors (Lipinski definition) is 3. The van der Waals surface area contributed by atoms with Crippen molar-refractivity contribution >= 4 is 22.7 Å². The lowest BCUT2D eigenvalue weighted by Gasteiger charge is -2.16. The first-order valence-corrected chi connectivity index (χ1v) is 7.55. The molecule has 0 aliphatic rings. The molecule has 0 atom stereocenters. The van der Waals surface area contributed by atoms with Gasteiger partial charge in [-0.15, -0.1) is 0 Å². The fraction of sp³-hybridized carbons (Fsp3) is 0.250. The number of para-hydroxylation sites is 1. The first kappa shape index (κ1) is 15.7. The van der Waals surface area contributed by atoms with Crippen molar-refractivity contribution in [3.8, 4) is 0 Å². The summed E-state index contributed by atoms with van der Waals surface area (Å²) in [6, 6.07) is 9.54. The van der Waals surface area contributed by atoms with E-state index in [0.29, 0.717) is 24.5 Å². The molecule has 8 nitrogen and oxygen atoms in total. The molecule has 2 amide bonds. The number of benzene rings is 1. The van der Waals surface area contributed by atoms with Crippen molar-refractivity contribution in [3.05, 3.63) is 47.4 Å². The molecule has 0 fully saturated rings. The first-order valence-electron chi connectivity index (χ1n) is 7.55. The van der Waals surface area contributed by atoms with Crippen LogP contribution in [0.5, 0.6) is 0 Å². The summed E-state index contributed by atoms with van der Waals surface area (Å²) in [6.07, 6.45) is 0. The highest BCUT2D eigenvalue weighted by atomic mass is 16.2. The Hall–Kier alpha value is -3.16. The fourth-order valence-electron chi connectivity index (χ4n) is 2.42. The summed E-state index contributed by atoms with van der Waals surface area (Å²) in [5.74, 6) is -0.439. The van der Waals surface area contributed by atoms with Gasteiger partial charge in [0.05, 0.1) is 5.69 Å². The Bertz CT molecular complexity index is 848. The van der Waals surface area contributed by atoms with E-state index >= 15 is 0 Å². The maximum absolute atomic E-state index is 12.4. The van der Waals surface area contributed by atoms with Crippen LogP contribution in [0.3, 0.4) is 0 Å². The van der Waals surface area contributed by atoms with E-state index in [-0.39, 0.29) is 17.5 Å². The Labute approximate surface area is 138 Å². The van der Waals surface area contributed by atoms with Gasteiger partial charge >= 0.3 is 0 Å². The largest absolute Gasteiger partial charge is 0.351 e. The van der Waals surface area contributed by atoms with E-state index in [4.69, 9.17) is 0 Å². The molecule has 0 spiro atoms.